The lowest BCUT2D eigenvalue weighted by Crippen LogP contribution is -2.40. The first-order valence-electron chi connectivity index (χ1n) is 10.1. The van der Waals surface area contributed by atoms with Gasteiger partial charge in [0.2, 0.25) is 0 Å². The predicted molar refractivity (Wildman–Crippen MR) is 130 cm³/mol. The van der Waals surface area contributed by atoms with Gasteiger partial charge in [-0.05, 0) is 43.2 Å². The van der Waals surface area contributed by atoms with Crippen molar-refractivity contribution in [2.75, 3.05) is 6.61 Å². The van der Waals surface area contributed by atoms with Crippen molar-refractivity contribution in [2.24, 2.45) is 4.99 Å². The maximum absolute atomic E-state index is 13.5. The molecule has 1 aliphatic heterocycles. The summed E-state index contributed by atoms with van der Waals surface area (Å²) >= 11 is 13.4. The molecule has 0 fully saturated rings. The summed E-state index contributed by atoms with van der Waals surface area (Å²) < 4.78 is 6.91. The minimum atomic E-state index is -0.946. The lowest BCUT2D eigenvalue weighted by molar-refractivity contribution is -0.384. The molecule has 0 saturated heterocycles. The summed E-state index contributed by atoms with van der Waals surface area (Å²) in [6.45, 7) is 3.43. The molecule has 4 rings (SSSR count). The summed E-state index contributed by atoms with van der Waals surface area (Å²) in [5, 5.41) is 12.2. The molecule has 0 radical (unpaired) electrons. The van der Waals surface area contributed by atoms with Crippen LogP contribution in [-0.4, -0.2) is 22.1 Å². The number of carbonyl (C=O) groups excluding carboxylic acids is 1. The van der Waals surface area contributed by atoms with Crippen LogP contribution in [0.1, 0.15) is 31.0 Å². The van der Waals surface area contributed by atoms with Gasteiger partial charge in [-0.15, -0.1) is 0 Å². The van der Waals surface area contributed by atoms with E-state index in [4.69, 9.17) is 27.9 Å². The van der Waals surface area contributed by atoms with Crippen LogP contribution in [0.5, 0.6) is 0 Å². The van der Waals surface area contributed by atoms with Gasteiger partial charge in [-0.1, -0.05) is 52.7 Å². The molecule has 1 aromatic heterocycles. The van der Waals surface area contributed by atoms with E-state index in [0.717, 1.165) is 11.3 Å². The molecule has 1 atom stereocenters. The largest absolute Gasteiger partial charge is 0.463 e. The molecule has 1 unspecified atom stereocenters. The maximum Gasteiger partial charge on any atom is 0.338 e. The lowest BCUT2D eigenvalue weighted by Gasteiger charge is -2.24. The monoisotopic (exact) mass is 517 g/mol. The molecule has 11 heteroatoms. The van der Waals surface area contributed by atoms with E-state index in [0.29, 0.717) is 36.2 Å². The number of fused-ring (bicyclic) bond motifs is 1. The average molecular weight is 518 g/mol. The Morgan fingerprint density at radius 3 is 2.74 bits per heavy atom. The van der Waals surface area contributed by atoms with Gasteiger partial charge >= 0.3 is 5.97 Å². The minimum Gasteiger partial charge on any atom is -0.463 e. The Labute approximate surface area is 207 Å². The number of halogens is 2. The normalized spacial score (nSPS) is 15.6. The first-order chi connectivity index (χ1) is 16.2. The predicted octanol–water partition coefficient (Wildman–Crippen LogP) is 4.01. The van der Waals surface area contributed by atoms with E-state index in [1.807, 2.05) is 0 Å². The van der Waals surface area contributed by atoms with Crippen molar-refractivity contribution < 1.29 is 14.5 Å². The number of non-ortho nitro benzene ring substituents is 1. The molecule has 1 aliphatic rings. The third-order valence-electron chi connectivity index (χ3n) is 5.16. The van der Waals surface area contributed by atoms with Gasteiger partial charge < -0.3 is 4.74 Å². The fraction of sp³-hybridized carbons (Fsp3) is 0.174. The first-order valence-corrected chi connectivity index (χ1v) is 11.7. The second-order valence-electron chi connectivity index (χ2n) is 7.32. The van der Waals surface area contributed by atoms with Gasteiger partial charge in [0.15, 0.2) is 4.80 Å². The van der Waals surface area contributed by atoms with E-state index in [9.17, 15) is 19.7 Å². The number of carbonyl (C=O) groups is 1. The number of allylic oxidation sites excluding steroid dienone is 1. The van der Waals surface area contributed by atoms with Crippen molar-refractivity contribution in [3.63, 3.8) is 0 Å². The zero-order chi connectivity index (χ0) is 24.6. The molecule has 0 bridgehead atoms. The topological polar surface area (TPSA) is 104 Å². The quantitative estimate of drug-likeness (QED) is 0.289. The van der Waals surface area contributed by atoms with Crippen molar-refractivity contribution in [2.45, 2.75) is 19.9 Å². The number of thiazole rings is 1. The highest BCUT2D eigenvalue weighted by Crippen LogP contribution is 2.32. The number of nitro groups is 1. The molecular formula is C23H17Cl2N3O5S. The van der Waals surface area contributed by atoms with Crippen LogP contribution in [0.2, 0.25) is 10.0 Å². The fourth-order valence-corrected chi connectivity index (χ4v) is 5.18. The van der Waals surface area contributed by atoms with E-state index in [2.05, 4.69) is 4.99 Å². The van der Waals surface area contributed by atoms with Crippen LogP contribution in [0.25, 0.3) is 6.08 Å². The molecule has 0 spiro atoms. The fourth-order valence-electron chi connectivity index (χ4n) is 3.68. The summed E-state index contributed by atoms with van der Waals surface area (Å²) in [5.41, 5.74) is 0.914. The molecule has 0 N–H and O–H groups in total. The molecule has 0 amide bonds. The molecule has 2 heterocycles. The second-order valence-corrected chi connectivity index (χ2v) is 9.17. The van der Waals surface area contributed by atoms with Crippen LogP contribution < -0.4 is 14.9 Å². The number of esters is 1. The Kier molecular flexibility index (Phi) is 6.70. The Morgan fingerprint density at radius 1 is 1.29 bits per heavy atom. The van der Waals surface area contributed by atoms with Crippen molar-refractivity contribution in [1.29, 1.82) is 0 Å². The summed E-state index contributed by atoms with van der Waals surface area (Å²) in [6.07, 6.45) is 1.62. The van der Waals surface area contributed by atoms with Gasteiger partial charge in [0, 0.05) is 22.2 Å². The van der Waals surface area contributed by atoms with Gasteiger partial charge in [0.25, 0.3) is 11.2 Å². The Bertz CT molecular complexity index is 1540. The smallest absolute Gasteiger partial charge is 0.338 e. The van der Waals surface area contributed by atoms with E-state index in [-0.39, 0.29) is 17.9 Å². The lowest BCUT2D eigenvalue weighted by atomic mass is 9.95. The number of aromatic nitrogens is 1. The van der Waals surface area contributed by atoms with Crippen molar-refractivity contribution in [3.05, 3.63) is 105 Å². The molecular weight excluding hydrogens is 501 g/mol. The highest BCUT2D eigenvalue weighted by molar-refractivity contribution is 7.07. The number of ether oxygens (including phenoxy) is 1. The van der Waals surface area contributed by atoms with Crippen molar-refractivity contribution in [1.82, 2.24) is 4.57 Å². The van der Waals surface area contributed by atoms with Crippen LogP contribution in [0.4, 0.5) is 5.69 Å². The highest BCUT2D eigenvalue weighted by atomic mass is 35.5. The van der Waals surface area contributed by atoms with Gasteiger partial charge in [0.1, 0.15) is 0 Å². The number of nitro benzene ring substituents is 1. The molecule has 2 aromatic carbocycles. The van der Waals surface area contributed by atoms with E-state index in [1.54, 1.807) is 44.2 Å². The summed E-state index contributed by atoms with van der Waals surface area (Å²) in [6, 6.07) is 9.80. The number of hydrogen-bond donors (Lipinski definition) is 0. The molecule has 34 heavy (non-hydrogen) atoms. The van der Waals surface area contributed by atoms with E-state index in [1.165, 1.54) is 22.8 Å². The molecule has 8 nitrogen and oxygen atoms in total. The average Bonchev–Trinajstić information content (AvgIpc) is 3.09. The molecule has 0 saturated carbocycles. The number of hydrogen-bond acceptors (Lipinski definition) is 7. The van der Waals surface area contributed by atoms with Crippen molar-refractivity contribution >= 4 is 52.3 Å². The summed E-state index contributed by atoms with van der Waals surface area (Å²) in [4.78, 5) is 42.1. The Balaban J connectivity index is 1.98. The van der Waals surface area contributed by atoms with Gasteiger partial charge in [-0.25, -0.2) is 9.79 Å². The SMILES string of the molecule is CCOC(=O)C1=C(C)N=c2s/c(=C\c3ccc(Cl)cc3Cl)c(=O)n2C1c1cccc([N+](=O)[O-])c1. The third kappa shape index (κ3) is 4.42. The van der Waals surface area contributed by atoms with Gasteiger partial charge in [0.05, 0.1) is 33.4 Å². The number of rotatable bonds is 5. The summed E-state index contributed by atoms with van der Waals surface area (Å²) in [5.74, 6) is -0.643. The Hall–Kier alpha value is -3.27. The second kappa shape index (κ2) is 9.54. The van der Waals surface area contributed by atoms with Crippen LogP contribution in [0.15, 0.2) is 63.5 Å². The van der Waals surface area contributed by atoms with Crippen LogP contribution in [-0.2, 0) is 9.53 Å². The first kappa shape index (κ1) is 23.9. The van der Waals surface area contributed by atoms with Gasteiger partial charge in [-0.3, -0.25) is 19.5 Å². The van der Waals surface area contributed by atoms with Crippen LogP contribution in [0.3, 0.4) is 0 Å². The van der Waals surface area contributed by atoms with Crippen LogP contribution >= 0.6 is 34.5 Å². The standard InChI is InChI=1S/C23H17Cl2N3O5S/c1-3-33-22(30)19-12(2)26-23-27(20(19)14-5-4-6-16(9-14)28(31)32)21(29)18(34-23)10-13-7-8-15(24)11-17(13)25/h4-11,20H,3H2,1-2H3/b18-10-. The van der Waals surface area contributed by atoms with E-state index >= 15 is 0 Å². The zero-order valence-corrected chi connectivity index (χ0v) is 20.3. The molecule has 174 valence electrons. The molecule has 3 aromatic rings. The van der Waals surface area contributed by atoms with Crippen molar-refractivity contribution in [3.8, 4) is 0 Å². The highest BCUT2D eigenvalue weighted by Gasteiger charge is 2.34. The molecule has 0 aliphatic carbocycles. The summed E-state index contributed by atoms with van der Waals surface area (Å²) in [7, 11) is 0. The number of benzene rings is 2. The van der Waals surface area contributed by atoms with E-state index < -0.39 is 22.5 Å². The maximum atomic E-state index is 13.5. The third-order valence-corrected chi connectivity index (χ3v) is 6.71. The van der Waals surface area contributed by atoms with Gasteiger partial charge in [-0.2, -0.15) is 0 Å². The zero-order valence-electron chi connectivity index (χ0n) is 18.0. The van der Waals surface area contributed by atoms with Crippen LogP contribution in [0, 0.1) is 10.1 Å². The minimum absolute atomic E-state index is 0.122. The Morgan fingerprint density at radius 2 is 2.06 bits per heavy atom. The number of nitrogens with zero attached hydrogens (tertiary/aromatic N) is 3.